The molecule has 0 saturated heterocycles. The van der Waals surface area contributed by atoms with Crippen molar-refractivity contribution in [3.05, 3.63) is 34.3 Å². The van der Waals surface area contributed by atoms with Crippen molar-refractivity contribution in [1.82, 2.24) is 0 Å². The summed E-state index contributed by atoms with van der Waals surface area (Å²) in [6.45, 7) is 4.83. The second-order valence-corrected chi connectivity index (χ2v) is 5.96. The van der Waals surface area contributed by atoms with Crippen LogP contribution in [0.25, 0.3) is 0 Å². The first-order chi connectivity index (χ1) is 8.06. The highest BCUT2D eigenvalue weighted by molar-refractivity contribution is 9.10. The summed E-state index contributed by atoms with van der Waals surface area (Å²) < 4.78 is 6.99. The molecule has 0 aromatic heterocycles. The van der Waals surface area contributed by atoms with Gasteiger partial charge in [-0.15, -0.1) is 0 Å². The molecule has 1 N–H and O–H groups in total. The summed E-state index contributed by atoms with van der Waals surface area (Å²) in [5, 5.41) is 9.79. The third kappa shape index (κ3) is 2.56. The summed E-state index contributed by atoms with van der Waals surface area (Å²) in [5.41, 5.74) is 1.10. The van der Waals surface area contributed by atoms with Gasteiger partial charge in [-0.25, -0.2) is 0 Å². The van der Waals surface area contributed by atoms with Crippen LogP contribution in [0.3, 0.4) is 0 Å². The van der Waals surface area contributed by atoms with Crippen LogP contribution in [-0.2, 0) is 11.3 Å². The Kier molecular flexibility index (Phi) is 3.91. The molecule has 2 rings (SSSR count). The fraction of sp³-hybridized carbons (Fsp3) is 0.571. The lowest BCUT2D eigenvalue weighted by Crippen LogP contribution is -2.55. The maximum atomic E-state index is 9.79. The average molecular weight is 299 g/mol. The van der Waals surface area contributed by atoms with Gasteiger partial charge in [0.05, 0.1) is 18.8 Å². The van der Waals surface area contributed by atoms with Gasteiger partial charge in [0.15, 0.2) is 0 Å². The Morgan fingerprint density at radius 1 is 1.53 bits per heavy atom. The van der Waals surface area contributed by atoms with Gasteiger partial charge in [-0.2, -0.15) is 0 Å². The van der Waals surface area contributed by atoms with E-state index in [2.05, 4.69) is 41.9 Å². The molecule has 2 nitrogen and oxygen atoms in total. The molecule has 0 aliphatic heterocycles. The van der Waals surface area contributed by atoms with Crippen LogP contribution in [0.4, 0.5) is 0 Å². The molecule has 0 spiro atoms. The van der Waals surface area contributed by atoms with Gasteiger partial charge in [-0.05, 0) is 24.1 Å². The Balaban J connectivity index is 1.91. The van der Waals surface area contributed by atoms with Crippen LogP contribution in [0, 0.1) is 5.41 Å². The van der Waals surface area contributed by atoms with Gasteiger partial charge >= 0.3 is 0 Å². The van der Waals surface area contributed by atoms with Crippen molar-refractivity contribution >= 4 is 15.9 Å². The minimum atomic E-state index is -0.208. The Labute approximate surface area is 111 Å². The molecule has 3 unspecified atom stereocenters. The normalized spacial score (nSPS) is 32.2. The average Bonchev–Trinajstić information content (AvgIpc) is 2.33. The molecule has 1 aliphatic carbocycles. The Morgan fingerprint density at radius 3 is 2.88 bits per heavy atom. The van der Waals surface area contributed by atoms with Crippen LogP contribution in [0.15, 0.2) is 28.7 Å². The highest BCUT2D eigenvalue weighted by Crippen LogP contribution is 2.46. The first-order valence-corrected chi connectivity index (χ1v) is 6.89. The molecule has 1 fully saturated rings. The summed E-state index contributed by atoms with van der Waals surface area (Å²) in [4.78, 5) is 0. The lowest BCUT2D eigenvalue weighted by atomic mass is 9.63. The van der Waals surface area contributed by atoms with Crippen LogP contribution < -0.4 is 0 Å². The van der Waals surface area contributed by atoms with Gasteiger partial charge in [0.1, 0.15) is 0 Å². The molecule has 1 aromatic carbocycles. The van der Waals surface area contributed by atoms with Gasteiger partial charge in [-0.1, -0.05) is 41.9 Å². The van der Waals surface area contributed by atoms with E-state index in [0.717, 1.165) is 17.3 Å². The van der Waals surface area contributed by atoms with Crippen LogP contribution >= 0.6 is 15.9 Å². The molecule has 3 atom stereocenters. The molecule has 17 heavy (non-hydrogen) atoms. The fourth-order valence-electron chi connectivity index (χ4n) is 2.34. The number of rotatable bonds is 4. The van der Waals surface area contributed by atoms with Gasteiger partial charge in [0.2, 0.25) is 0 Å². The molecule has 0 bridgehead atoms. The standard InChI is InChI=1S/C14H19BrO2/c1-3-14(2)12(16)8-13(14)17-9-10-5-4-6-11(15)7-10/h4-7,12-13,16H,3,8-9H2,1-2H3. The van der Waals surface area contributed by atoms with E-state index in [1.165, 1.54) is 5.56 Å². The minimum Gasteiger partial charge on any atom is -0.392 e. The zero-order chi connectivity index (χ0) is 12.5. The zero-order valence-corrected chi connectivity index (χ0v) is 11.9. The number of halogens is 1. The van der Waals surface area contributed by atoms with Crippen LogP contribution in [0.1, 0.15) is 32.3 Å². The number of benzene rings is 1. The largest absolute Gasteiger partial charge is 0.392 e. The van der Waals surface area contributed by atoms with Crippen LogP contribution in [0.5, 0.6) is 0 Å². The number of aliphatic hydroxyl groups is 1. The molecule has 1 aromatic rings. The van der Waals surface area contributed by atoms with Gasteiger partial charge in [-0.3, -0.25) is 0 Å². The summed E-state index contributed by atoms with van der Waals surface area (Å²) in [6, 6.07) is 8.14. The topological polar surface area (TPSA) is 29.5 Å². The first kappa shape index (κ1) is 13.1. The Hall–Kier alpha value is -0.380. The highest BCUT2D eigenvalue weighted by atomic mass is 79.9. The minimum absolute atomic E-state index is 0.0635. The SMILES string of the molecule is CCC1(C)C(O)CC1OCc1cccc(Br)c1. The lowest BCUT2D eigenvalue weighted by Gasteiger charge is -2.50. The van der Waals surface area contributed by atoms with Gasteiger partial charge in [0, 0.05) is 16.3 Å². The summed E-state index contributed by atoms with van der Waals surface area (Å²) in [6.07, 6.45) is 1.69. The second-order valence-electron chi connectivity index (χ2n) is 5.04. The maximum absolute atomic E-state index is 9.79. The molecule has 0 amide bonds. The van der Waals surface area contributed by atoms with Crippen LogP contribution in [-0.4, -0.2) is 17.3 Å². The van der Waals surface area contributed by atoms with Gasteiger partial charge < -0.3 is 9.84 Å². The third-order valence-corrected chi connectivity index (χ3v) is 4.53. The number of hydrogen-bond donors (Lipinski definition) is 1. The maximum Gasteiger partial charge on any atom is 0.0721 e. The fourth-order valence-corrected chi connectivity index (χ4v) is 2.79. The summed E-state index contributed by atoms with van der Waals surface area (Å²) in [7, 11) is 0. The van der Waals surface area contributed by atoms with E-state index in [4.69, 9.17) is 4.74 Å². The molecule has 1 saturated carbocycles. The molecular formula is C14H19BrO2. The number of hydrogen-bond acceptors (Lipinski definition) is 2. The van der Waals surface area contributed by atoms with E-state index in [1.807, 2.05) is 12.1 Å². The van der Waals surface area contributed by atoms with E-state index in [-0.39, 0.29) is 17.6 Å². The zero-order valence-electron chi connectivity index (χ0n) is 10.3. The third-order valence-electron chi connectivity index (χ3n) is 4.04. The predicted molar refractivity (Wildman–Crippen MR) is 71.7 cm³/mol. The molecule has 3 heteroatoms. The first-order valence-electron chi connectivity index (χ1n) is 6.10. The van der Waals surface area contributed by atoms with Crippen molar-refractivity contribution in [2.45, 2.75) is 45.5 Å². The molecule has 94 valence electrons. The van der Waals surface area contributed by atoms with E-state index in [1.54, 1.807) is 0 Å². The number of aliphatic hydroxyl groups excluding tert-OH is 1. The van der Waals surface area contributed by atoms with Crippen molar-refractivity contribution in [2.75, 3.05) is 0 Å². The van der Waals surface area contributed by atoms with E-state index in [9.17, 15) is 5.11 Å². The highest BCUT2D eigenvalue weighted by Gasteiger charge is 2.50. The summed E-state index contributed by atoms with van der Waals surface area (Å²) >= 11 is 3.45. The van der Waals surface area contributed by atoms with Gasteiger partial charge in [0.25, 0.3) is 0 Å². The monoisotopic (exact) mass is 298 g/mol. The predicted octanol–water partition coefficient (Wildman–Crippen LogP) is 3.52. The van der Waals surface area contributed by atoms with Crippen LogP contribution in [0.2, 0.25) is 0 Å². The summed E-state index contributed by atoms with van der Waals surface area (Å²) in [5.74, 6) is 0. The molecule has 0 heterocycles. The van der Waals surface area contributed by atoms with E-state index >= 15 is 0 Å². The van der Waals surface area contributed by atoms with Crippen molar-refractivity contribution in [3.8, 4) is 0 Å². The molecule has 0 radical (unpaired) electrons. The van der Waals surface area contributed by atoms with E-state index in [0.29, 0.717) is 6.61 Å². The second kappa shape index (κ2) is 5.09. The molecule has 1 aliphatic rings. The smallest absolute Gasteiger partial charge is 0.0721 e. The number of ether oxygens (including phenoxy) is 1. The van der Waals surface area contributed by atoms with Crippen molar-refractivity contribution in [1.29, 1.82) is 0 Å². The van der Waals surface area contributed by atoms with Crippen molar-refractivity contribution in [3.63, 3.8) is 0 Å². The molecular weight excluding hydrogens is 280 g/mol. The van der Waals surface area contributed by atoms with E-state index < -0.39 is 0 Å². The van der Waals surface area contributed by atoms with Crippen molar-refractivity contribution < 1.29 is 9.84 Å². The van der Waals surface area contributed by atoms with Crippen molar-refractivity contribution in [2.24, 2.45) is 5.41 Å². The quantitative estimate of drug-likeness (QED) is 0.922. The Morgan fingerprint density at radius 2 is 2.29 bits per heavy atom. The Bertz CT molecular complexity index is 394. The lowest BCUT2D eigenvalue weighted by molar-refractivity contribution is -0.190.